The minimum absolute atomic E-state index is 0. The predicted octanol–water partition coefficient (Wildman–Crippen LogP) is 1.08. The Labute approximate surface area is 105 Å². The summed E-state index contributed by atoms with van der Waals surface area (Å²) < 4.78 is 1.80. The third kappa shape index (κ3) is 3.28. The van der Waals surface area contributed by atoms with E-state index >= 15 is 0 Å². The van der Waals surface area contributed by atoms with E-state index in [4.69, 9.17) is 11.0 Å². The van der Waals surface area contributed by atoms with Crippen LogP contribution in [0.1, 0.15) is 16.8 Å². The van der Waals surface area contributed by atoms with E-state index in [1.807, 2.05) is 18.3 Å². The first-order chi connectivity index (χ1) is 7.81. The van der Waals surface area contributed by atoms with Crippen LogP contribution >= 0.6 is 12.4 Å². The Kier molecular flexibility index (Phi) is 4.64. The van der Waals surface area contributed by atoms with Crippen molar-refractivity contribution in [1.29, 1.82) is 5.26 Å². The quantitative estimate of drug-likeness (QED) is 0.883. The summed E-state index contributed by atoms with van der Waals surface area (Å²) in [5.74, 6) is 0. The van der Waals surface area contributed by atoms with E-state index in [1.54, 1.807) is 23.1 Å². The smallest absolute Gasteiger partial charge is 0.140 e. The molecule has 0 atom stereocenters. The van der Waals surface area contributed by atoms with Crippen LogP contribution in [0.15, 0.2) is 30.7 Å². The molecule has 2 aromatic heterocycles. The van der Waals surface area contributed by atoms with Crippen LogP contribution in [0.5, 0.6) is 0 Å². The van der Waals surface area contributed by atoms with Crippen molar-refractivity contribution in [3.63, 3.8) is 0 Å². The molecule has 2 aromatic rings. The maximum Gasteiger partial charge on any atom is 0.140 e. The number of hydrogen-bond donors (Lipinski definition) is 1. The number of rotatable bonds is 3. The number of pyridine rings is 1. The highest BCUT2D eigenvalue weighted by atomic mass is 35.5. The zero-order valence-electron chi connectivity index (χ0n) is 9.08. The van der Waals surface area contributed by atoms with E-state index in [-0.39, 0.29) is 12.4 Å². The molecule has 0 saturated carbocycles. The molecule has 2 N–H and O–H groups in total. The number of hydrogen-bond acceptors (Lipinski definition) is 4. The molecule has 0 aliphatic heterocycles. The van der Waals surface area contributed by atoms with E-state index in [0.717, 1.165) is 11.1 Å². The predicted molar refractivity (Wildman–Crippen MR) is 65.4 cm³/mol. The van der Waals surface area contributed by atoms with Gasteiger partial charge in [0, 0.05) is 24.5 Å². The van der Waals surface area contributed by atoms with Crippen LogP contribution in [0.4, 0.5) is 0 Å². The summed E-state index contributed by atoms with van der Waals surface area (Å²) in [4.78, 5) is 3.99. The van der Waals surface area contributed by atoms with Gasteiger partial charge in [0.25, 0.3) is 0 Å². The van der Waals surface area contributed by atoms with Crippen LogP contribution in [0.25, 0.3) is 0 Å². The summed E-state index contributed by atoms with van der Waals surface area (Å²) in [6, 6.07) is 5.55. The second kappa shape index (κ2) is 5.99. The Morgan fingerprint density at radius 1 is 1.29 bits per heavy atom. The molecule has 2 heterocycles. The van der Waals surface area contributed by atoms with E-state index in [2.05, 4.69) is 10.1 Å². The lowest BCUT2D eigenvalue weighted by atomic mass is 10.2. The van der Waals surface area contributed by atoms with Gasteiger partial charge in [0.2, 0.25) is 0 Å². The Bertz CT molecular complexity index is 511. The Hall–Kier alpha value is -1.90. The molecule has 2 rings (SSSR count). The van der Waals surface area contributed by atoms with Crippen LogP contribution in [-0.4, -0.2) is 14.8 Å². The first-order valence-corrected chi connectivity index (χ1v) is 4.88. The molecule has 5 nitrogen and oxygen atoms in total. The van der Waals surface area contributed by atoms with E-state index in [1.165, 1.54) is 0 Å². The average molecular weight is 250 g/mol. The number of nitrogens with two attached hydrogens (primary N) is 1. The van der Waals surface area contributed by atoms with Gasteiger partial charge >= 0.3 is 0 Å². The van der Waals surface area contributed by atoms with Crippen molar-refractivity contribution in [2.24, 2.45) is 5.73 Å². The van der Waals surface area contributed by atoms with Crippen molar-refractivity contribution in [3.8, 4) is 6.07 Å². The molecule has 0 unspecified atom stereocenters. The molecule has 0 saturated heterocycles. The van der Waals surface area contributed by atoms with Gasteiger partial charge in [-0.2, -0.15) is 10.4 Å². The maximum atomic E-state index is 8.61. The van der Waals surface area contributed by atoms with Crippen molar-refractivity contribution in [2.45, 2.75) is 13.1 Å². The summed E-state index contributed by atoms with van der Waals surface area (Å²) >= 11 is 0. The van der Waals surface area contributed by atoms with Crippen LogP contribution in [-0.2, 0) is 13.1 Å². The van der Waals surface area contributed by atoms with E-state index < -0.39 is 0 Å². The maximum absolute atomic E-state index is 8.61. The molecule has 6 heteroatoms. The lowest BCUT2D eigenvalue weighted by molar-refractivity contribution is 0.684. The molecule has 0 bridgehead atoms. The van der Waals surface area contributed by atoms with Gasteiger partial charge in [-0.1, -0.05) is 6.07 Å². The molecule has 0 aliphatic rings. The zero-order valence-corrected chi connectivity index (χ0v) is 9.89. The van der Waals surface area contributed by atoms with E-state index in [0.29, 0.717) is 18.8 Å². The third-order valence-corrected chi connectivity index (χ3v) is 2.21. The van der Waals surface area contributed by atoms with Gasteiger partial charge in [-0.25, -0.2) is 4.98 Å². The van der Waals surface area contributed by atoms with Gasteiger partial charge in [0.1, 0.15) is 11.8 Å². The molecule has 17 heavy (non-hydrogen) atoms. The molecule has 0 aliphatic carbocycles. The molecule has 0 radical (unpaired) electrons. The minimum Gasteiger partial charge on any atom is -0.326 e. The van der Waals surface area contributed by atoms with Crippen LogP contribution in [0.2, 0.25) is 0 Å². The third-order valence-electron chi connectivity index (χ3n) is 2.21. The molecule has 88 valence electrons. The summed E-state index contributed by atoms with van der Waals surface area (Å²) in [7, 11) is 0. The Balaban J connectivity index is 0.00000144. The monoisotopic (exact) mass is 249 g/mol. The SMILES string of the molecule is Cl.N#Cc1ccc(Cn2cc(CN)cn2)cn1. The topological polar surface area (TPSA) is 80.5 Å². The number of halogens is 1. The van der Waals surface area contributed by atoms with Gasteiger partial charge in [0.05, 0.1) is 12.7 Å². The lowest BCUT2D eigenvalue weighted by Gasteiger charge is -2.00. The van der Waals surface area contributed by atoms with Crippen molar-refractivity contribution < 1.29 is 0 Å². The molecular weight excluding hydrogens is 238 g/mol. The van der Waals surface area contributed by atoms with Crippen molar-refractivity contribution in [3.05, 3.63) is 47.5 Å². The Morgan fingerprint density at radius 2 is 2.12 bits per heavy atom. The fourth-order valence-corrected chi connectivity index (χ4v) is 1.37. The highest BCUT2D eigenvalue weighted by Gasteiger charge is 1.99. The van der Waals surface area contributed by atoms with Crippen molar-refractivity contribution in [1.82, 2.24) is 14.8 Å². The highest BCUT2D eigenvalue weighted by Crippen LogP contribution is 2.03. The fraction of sp³-hybridized carbons (Fsp3) is 0.182. The van der Waals surface area contributed by atoms with E-state index in [9.17, 15) is 0 Å². The van der Waals surface area contributed by atoms with Gasteiger partial charge in [-0.3, -0.25) is 4.68 Å². The molecule has 0 fully saturated rings. The van der Waals surface area contributed by atoms with Gasteiger partial charge in [-0.15, -0.1) is 12.4 Å². The molecule has 0 aromatic carbocycles. The largest absolute Gasteiger partial charge is 0.326 e. The zero-order chi connectivity index (χ0) is 11.4. The van der Waals surface area contributed by atoms with Gasteiger partial charge in [0.15, 0.2) is 0 Å². The first kappa shape index (κ1) is 13.2. The van der Waals surface area contributed by atoms with Crippen LogP contribution in [0.3, 0.4) is 0 Å². The minimum atomic E-state index is 0. The summed E-state index contributed by atoms with van der Waals surface area (Å²) in [5.41, 5.74) is 7.92. The number of nitriles is 1. The van der Waals surface area contributed by atoms with Crippen LogP contribution in [0, 0.1) is 11.3 Å². The second-order valence-electron chi connectivity index (χ2n) is 3.41. The standard InChI is InChI=1S/C11H11N5.ClH/c12-3-10-6-15-16(8-10)7-9-1-2-11(4-13)14-5-9;/h1-2,5-6,8H,3,7,12H2;1H. The summed E-state index contributed by atoms with van der Waals surface area (Å²) in [6.07, 6.45) is 5.33. The summed E-state index contributed by atoms with van der Waals surface area (Å²) in [6.45, 7) is 1.13. The number of nitrogens with zero attached hydrogens (tertiary/aromatic N) is 4. The lowest BCUT2D eigenvalue weighted by Crippen LogP contribution is -2.01. The molecule has 0 spiro atoms. The average Bonchev–Trinajstić information content (AvgIpc) is 2.78. The molecule has 0 amide bonds. The summed E-state index contributed by atoms with van der Waals surface area (Å²) in [5, 5.41) is 12.8. The van der Waals surface area contributed by atoms with Crippen molar-refractivity contribution >= 4 is 12.4 Å². The normalized spacial score (nSPS) is 9.41. The van der Waals surface area contributed by atoms with Gasteiger partial charge in [-0.05, 0) is 11.6 Å². The second-order valence-corrected chi connectivity index (χ2v) is 3.41. The first-order valence-electron chi connectivity index (χ1n) is 4.88. The van der Waals surface area contributed by atoms with Gasteiger partial charge < -0.3 is 5.73 Å². The molecular formula is C11H12ClN5. The highest BCUT2D eigenvalue weighted by molar-refractivity contribution is 5.85. The Morgan fingerprint density at radius 3 is 2.65 bits per heavy atom. The van der Waals surface area contributed by atoms with Crippen molar-refractivity contribution in [2.75, 3.05) is 0 Å². The fourth-order valence-electron chi connectivity index (χ4n) is 1.37. The number of aromatic nitrogens is 3. The van der Waals surface area contributed by atoms with Crippen LogP contribution < -0.4 is 5.73 Å².